The quantitative estimate of drug-likeness (QED) is 0.733. The van der Waals surface area contributed by atoms with Crippen molar-refractivity contribution < 1.29 is 0 Å². The number of nitrogens with one attached hydrogen (secondary N) is 1. The van der Waals surface area contributed by atoms with Gasteiger partial charge in [-0.1, -0.05) is 55.8 Å². The van der Waals surface area contributed by atoms with Gasteiger partial charge in [-0.2, -0.15) is 0 Å². The van der Waals surface area contributed by atoms with Crippen molar-refractivity contribution in [2.24, 2.45) is 0 Å². The molecule has 0 amide bonds. The van der Waals surface area contributed by atoms with E-state index in [1.807, 2.05) is 6.08 Å². The molecule has 1 heteroatoms. The maximum Gasteiger partial charge on any atom is 0.0441 e. The van der Waals surface area contributed by atoms with Gasteiger partial charge in [0.05, 0.1) is 0 Å². The average Bonchev–Trinajstić information content (AvgIpc) is 2.38. The molecule has 0 aliphatic heterocycles. The molecule has 0 heterocycles. The Labute approximate surface area is 103 Å². The molecule has 2 rings (SSSR count). The van der Waals surface area contributed by atoms with E-state index in [2.05, 4.69) is 61.3 Å². The lowest BCUT2D eigenvalue weighted by molar-refractivity contribution is 0.741. The predicted octanol–water partition coefficient (Wildman–Crippen LogP) is 4.61. The van der Waals surface area contributed by atoms with Crippen molar-refractivity contribution in [1.82, 2.24) is 0 Å². The molecule has 0 aliphatic rings. The van der Waals surface area contributed by atoms with Crippen LogP contribution >= 0.6 is 0 Å². The van der Waals surface area contributed by atoms with Crippen LogP contribution < -0.4 is 5.32 Å². The first-order valence-electron chi connectivity index (χ1n) is 6.22. The molecule has 0 aliphatic carbocycles. The van der Waals surface area contributed by atoms with Crippen molar-refractivity contribution in [3.63, 3.8) is 0 Å². The lowest BCUT2D eigenvalue weighted by atomic mass is 10.1. The molecule has 0 radical (unpaired) electrons. The second kappa shape index (κ2) is 5.53. The molecule has 0 aromatic heterocycles. The largest absolute Gasteiger partial charge is 0.378 e. The van der Waals surface area contributed by atoms with E-state index >= 15 is 0 Å². The minimum Gasteiger partial charge on any atom is -0.378 e. The highest BCUT2D eigenvalue weighted by atomic mass is 14.9. The van der Waals surface area contributed by atoms with Crippen LogP contribution in [0.5, 0.6) is 0 Å². The first-order valence-corrected chi connectivity index (χ1v) is 6.22. The fourth-order valence-electron chi connectivity index (χ4n) is 2.11. The summed E-state index contributed by atoms with van der Waals surface area (Å²) < 4.78 is 0. The fraction of sp³-hybridized carbons (Fsp3) is 0.250. The number of hydrogen-bond donors (Lipinski definition) is 1. The van der Waals surface area contributed by atoms with Gasteiger partial charge in [0.25, 0.3) is 0 Å². The Morgan fingerprint density at radius 3 is 2.71 bits per heavy atom. The maximum absolute atomic E-state index is 3.89. The third-order valence-corrected chi connectivity index (χ3v) is 3.01. The van der Waals surface area contributed by atoms with Crippen LogP contribution in [-0.4, -0.2) is 6.04 Å². The molecule has 2 aromatic rings. The smallest absolute Gasteiger partial charge is 0.0441 e. The SMILES string of the molecule is C=CC(CCC)Nc1cccc2ccccc12. The number of rotatable bonds is 5. The number of hydrogen-bond acceptors (Lipinski definition) is 1. The number of benzene rings is 2. The lowest BCUT2D eigenvalue weighted by Crippen LogP contribution is -2.15. The normalized spacial score (nSPS) is 12.3. The summed E-state index contributed by atoms with van der Waals surface area (Å²) in [5.74, 6) is 0. The van der Waals surface area contributed by atoms with Crippen LogP contribution in [0.2, 0.25) is 0 Å². The Morgan fingerprint density at radius 2 is 1.94 bits per heavy atom. The first kappa shape index (κ1) is 11.7. The van der Waals surface area contributed by atoms with E-state index < -0.39 is 0 Å². The van der Waals surface area contributed by atoms with E-state index in [0.29, 0.717) is 6.04 Å². The zero-order valence-electron chi connectivity index (χ0n) is 10.3. The first-order chi connectivity index (χ1) is 8.35. The van der Waals surface area contributed by atoms with Gasteiger partial charge in [-0.15, -0.1) is 6.58 Å². The van der Waals surface area contributed by atoms with E-state index in [1.54, 1.807) is 0 Å². The van der Waals surface area contributed by atoms with Gasteiger partial charge < -0.3 is 5.32 Å². The Kier molecular flexibility index (Phi) is 3.81. The standard InChI is InChI=1S/C16H19N/c1-3-8-14(4-2)17-16-12-7-10-13-9-5-6-11-15(13)16/h4-7,9-12,14,17H,2-3,8H2,1H3. The van der Waals surface area contributed by atoms with Gasteiger partial charge in [0.15, 0.2) is 0 Å². The Hall–Kier alpha value is -1.76. The van der Waals surface area contributed by atoms with Crippen molar-refractivity contribution in [3.05, 3.63) is 55.1 Å². The molecule has 1 nitrogen and oxygen atoms in total. The average molecular weight is 225 g/mol. The van der Waals surface area contributed by atoms with Crippen molar-refractivity contribution >= 4 is 16.5 Å². The topological polar surface area (TPSA) is 12.0 Å². The zero-order valence-corrected chi connectivity index (χ0v) is 10.3. The van der Waals surface area contributed by atoms with E-state index in [-0.39, 0.29) is 0 Å². The van der Waals surface area contributed by atoms with Gasteiger partial charge in [-0.25, -0.2) is 0 Å². The summed E-state index contributed by atoms with van der Waals surface area (Å²) in [5.41, 5.74) is 1.20. The molecule has 0 saturated heterocycles. The molecular weight excluding hydrogens is 206 g/mol. The van der Waals surface area contributed by atoms with Gasteiger partial charge in [-0.05, 0) is 17.9 Å². The van der Waals surface area contributed by atoms with E-state index in [4.69, 9.17) is 0 Å². The summed E-state index contributed by atoms with van der Waals surface area (Å²) in [5, 5.41) is 6.11. The number of fused-ring (bicyclic) bond motifs is 1. The van der Waals surface area contributed by atoms with Crippen molar-refractivity contribution in [2.75, 3.05) is 5.32 Å². The molecule has 1 atom stereocenters. The molecule has 1 N–H and O–H groups in total. The van der Waals surface area contributed by atoms with Crippen molar-refractivity contribution in [2.45, 2.75) is 25.8 Å². The third-order valence-electron chi connectivity index (χ3n) is 3.01. The molecule has 17 heavy (non-hydrogen) atoms. The second-order valence-electron chi connectivity index (χ2n) is 4.30. The Bertz CT molecular complexity index is 496. The summed E-state index contributed by atoms with van der Waals surface area (Å²) in [6.07, 6.45) is 4.27. The van der Waals surface area contributed by atoms with Crippen LogP contribution in [0.4, 0.5) is 5.69 Å². The van der Waals surface area contributed by atoms with Gasteiger partial charge in [0.2, 0.25) is 0 Å². The Morgan fingerprint density at radius 1 is 1.18 bits per heavy atom. The highest BCUT2D eigenvalue weighted by molar-refractivity contribution is 5.93. The summed E-state index contributed by atoms with van der Waals surface area (Å²) in [4.78, 5) is 0. The fourth-order valence-corrected chi connectivity index (χ4v) is 2.11. The van der Waals surface area contributed by atoms with E-state index in [0.717, 1.165) is 12.8 Å². The Balaban J connectivity index is 2.31. The lowest BCUT2D eigenvalue weighted by Gasteiger charge is -2.17. The van der Waals surface area contributed by atoms with Crippen molar-refractivity contribution in [3.8, 4) is 0 Å². The van der Waals surface area contributed by atoms with E-state index in [1.165, 1.54) is 16.5 Å². The van der Waals surface area contributed by atoms with Crippen LogP contribution in [-0.2, 0) is 0 Å². The van der Waals surface area contributed by atoms with Crippen LogP contribution in [0, 0.1) is 0 Å². The maximum atomic E-state index is 3.89. The van der Waals surface area contributed by atoms with Crippen LogP contribution in [0.15, 0.2) is 55.1 Å². The third kappa shape index (κ3) is 2.68. The van der Waals surface area contributed by atoms with Gasteiger partial charge >= 0.3 is 0 Å². The highest BCUT2D eigenvalue weighted by Gasteiger charge is 2.05. The molecular formula is C16H19N. The summed E-state index contributed by atoms with van der Waals surface area (Å²) >= 11 is 0. The summed E-state index contributed by atoms with van der Waals surface area (Å²) in [6, 6.07) is 15.2. The van der Waals surface area contributed by atoms with Gasteiger partial charge in [0, 0.05) is 17.1 Å². The molecule has 1 unspecified atom stereocenters. The second-order valence-corrected chi connectivity index (χ2v) is 4.30. The molecule has 0 fully saturated rings. The summed E-state index contributed by atoms with van der Waals surface area (Å²) in [6.45, 7) is 6.09. The molecule has 2 aromatic carbocycles. The minimum absolute atomic E-state index is 0.353. The molecule has 0 bridgehead atoms. The van der Waals surface area contributed by atoms with Gasteiger partial charge in [0.1, 0.15) is 0 Å². The van der Waals surface area contributed by atoms with Gasteiger partial charge in [-0.3, -0.25) is 0 Å². The minimum atomic E-state index is 0.353. The van der Waals surface area contributed by atoms with Crippen molar-refractivity contribution in [1.29, 1.82) is 0 Å². The van der Waals surface area contributed by atoms with Crippen LogP contribution in [0.1, 0.15) is 19.8 Å². The van der Waals surface area contributed by atoms with Crippen LogP contribution in [0.25, 0.3) is 10.8 Å². The highest BCUT2D eigenvalue weighted by Crippen LogP contribution is 2.24. The molecule has 0 spiro atoms. The summed E-state index contributed by atoms with van der Waals surface area (Å²) in [7, 11) is 0. The predicted molar refractivity (Wildman–Crippen MR) is 76.5 cm³/mol. The number of anilines is 1. The zero-order chi connectivity index (χ0) is 12.1. The van der Waals surface area contributed by atoms with Crippen LogP contribution in [0.3, 0.4) is 0 Å². The molecule has 88 valence electrons. The monoisotopic (exact) mass is 225 g/mol. The molecule has 0 saturated carbocycles. The van der Waals surface area contributed by atoms with E-state index in [9.17, 15) is 0 Å².